The van der Waals surface area contributed by atoms with E-state index in [1.54, 1.807) is 37.4 Å². The van der Waals surface area contributed by atoms with Crippen molar-refractivity contribution in [3.8, 4) is 17.0 Å². The first-order valence-electron chi connectivity index (χ1n) is 8.87. The lowest BCUT2D eigenvalue weighted by atomic mass is 9.97. The molecule has 3 rings (SSSR count). The molecular weight excluding hydrogens is 330 g/mol. The van der Waals surface area contributed by atoms with Gasteiger partial charge in [0.2, 0.25) is 0 Å². The van der Waals surface area contributed by atoms with Crippen molar-refractivity contribution >= 4 is 5.91 Å². The highest BCUT2D eigenvalue weighted by molar-refractivity contribution is 5.93. The summed E-state index contributed by atoms with van der Waals surface area (Å²) >= 11 is 0. The molecule has 1 aromatic carbocycles. The molecule has 6 nitrogen and oxygen atoms in total. The van der Waals surface area contributed by atoms with Gasteiger partial charge in [-0.15, -0.1) is 0 Å². The van der Waals surface area contributed by atoms with Crippen LogP contribution in [0.2, 0.25) is 0 Å². The number of nitrogens with zero attached hydrogens (tertiary/aromatic N) is 1. The van der Waals surface area contributed by atoms with Crippen molar-refractivity contribution < 1.29 is 9.53 Å². The van der Waals surface area contributed by atoms with E-state index in [1.807, 2.05) is 0 Å². The second-order valence-electron chi connectivity index (χ2n) is 6.33. The predicted molar refractivity (Wildman–Crippen MR) is 100 cm³/mol. The number of carbonyl (C=O) groups excluding carboxylic acids is 1. The molecule has 26 heavy (non-hydrogen) atoms. The molecule has 0 saturated heterocycles. The average Bonchev–Trinajstić information content (AvgIpc) is 2.68. The summed E-state index contributed by atoms with van der Waals surface area (Å²) in [5, 5.41) is 2.87. The van der Waals surface area contributed by atoms with Crippen LogP contribution < -0.4 is 15.7 Å². The number of rotatable bonds is 6. The Balaban J connectivity index is 1.68. The summed E-state index contributed by atoms with van der Waals surface area (Å²) < 4.78 is 5.13. The van der Waals surface area contributed by atoms with Gasteiger partial charge in [0.05, 0.1) is 12.8 Å². The molecule has 0 saturated carbocycles. The number of hydrogen-bond acceptors (Lipinski definition) is 4. The van der Waals surface area contributed by atoms with Crippen LogP contribution >= 0.6 is 0 Å². The van der Waals surface area contributed by atoms with Gasteiger partial charge in [-0.2, -0.15) is 4.98 Å². The first-order valence-corrected chi connectivity index (χ1v) is 8.87. The third kappa shape index (κ3) is 4.59. The van der Waals surface area contributed by atoms with Gasteiger partial charge in [0.1, 0.15) is 11.4 Å². The SMILES string of the molecule is COc1ccc(-c2cc(C(=O)NCCC3=CCCCC3)[nH]c(=O)n2)cc1. The van der Waals surface area contributed by atoms with Gasteiger partial charge in [0.25, 0.3) is 5.91 Å². The first-order chi connectivity index (χ1) is 12.7. The molecule has 1 amide bonds. The second kappa shape index (κ2) is 8.47. The maximum atomic E-state index is 12.4. The van der Waals surface area contributed by atoms with Gasteiger partial charge in [-0.3, -0.25) is 4.79 Å². The zero-order valence-electron chi connectivity index (χ0n) is 14.9. The number of nitrogens with one attached hydrogen (secondary N) is 2. The van der Waals surface area contributed by atoms with Crippen LogP contribution in [0.5, 0.6) is 5.75 Å². The summed E-state index contributed by atoms with van der Waals surface area (Å²) in [6.45, 7) is 0.562. The molecule has 2 N–H and O–H groups in total. The number of methoxy groups -OCH3 is 1. The summed E-state index contributed by atoms with van der Waals surface area (Å²) in [5.41, 5.74) is 2.28. The number of ether oxygens (including phenoxy) is 1. The van der Waals surface area contributed by atoms with Gasteiger partial charge in [-0.05, 0) is 62.4 Å². The van der Waals surface area contributed by atoms with Crippen molar-refractivity contribution in [2.24, 2.45) is 0 Å². The number of carbonyl (C=O) groups is 1. The average molecular weight is 353 g/mol. The fourth-order valence-electron chi connectivity index (χ4n) is 3.05. The van der Waals surface area contributed by atoms with E-state index in [0.717, 1.165) is 24.8 Å². The molecule has 1 heterocycles. The lowest BCUT2D eigenvalue weighted by Crippen LogP contribution is -2.28. The highest BCUT2D eigenvalue weighted by atomic mass is 16.5. The lowest BCUT2D eigenvalue weighted by molar-refractivity contribution is 0.0948. The van der Waals surface area contributed by atoms with Crippen molar-refractivity contribution in [1.29, 1.82) is 0 Å². The van der Waals surface area contributed by atoms with Crippen LogP contribution in [0.3, 0.4) is 0 Å². The number of allylic oxidation sites excluding steroid dienone is 1. The number of aromatic nitrogens is 2. The summed E-state index contributed by atoms with van der Waals surface area (Å²) in [6.07, 6.45) is 7.85. The largest absolute Gasteiger partial charge is 0.497 e. The zero-order valence-corrected chi connectivity index (χ0v) is 14.9. The van der Waals surface area contributed by atoms with E-state index in [2.05, 4.69) is 21.4 Å². The van der Waals surface area contributed by atoms with E-state index in [9.17, 15) is 9.59 Å². The standard InChI is InChI=1S/C20H23N3O3/c1-26-16-9-7-15(8-10-16)17-13-18(23-20(25)22-17)19(24)21-12-11-14-5-3-2-4-6-14/h5,7-10,13H,2-4,6,11-12H2,1H3,(H,21,24)(H,22,23,25). The number of aromatic amines is 1. The quantitative estimate of drug-likeness (QED) is 0.782. The molecule has 0 fully saturated rings. The highest BCUT2D eigenvalue weighted by Crippen LogP contribution is 2.21. The van der Waals surface area contributed by atoms with Gasteiger partial charge in [0, 0.05) is 12.1 Å². The van der Waals surface area contributed by atoms with E-state index < -0.39 is 5.69 Å². The molecule has 0 radical (unpaired) electrons. The number of amides is 1. The molecule has 1 aromatic heterocycles. The lowest BCUT2D eigenvalue weighted by Gasteiger charge is -2.13. The van der Waals surface area contributed by atoms with Gasteiger partial charge >= 0.3 is 5.69 Å². The normalized spacial score (nSPS) is 13.8. The molecule has 0 unspecified atom stereocenters. The molecule has 0 atom stereocenters. The fraction of sp³-hybridized carbons (Fsp3) is 0.350. The first kappa shape index (κ1) is 17.9. The van der Waals surface area contributed by atoms with E-state index in [1.165, 1.54) is 18.4 Å². The third-order valence-corrected chi connectivity index (χ3v) is 4.49. The number of H-pyrrole nitrogens is 1. The minimum absolute atomic E-state index is 0.216. The van der Waals surface area contributed by atoms with Gasteiger partial charge < -0.3 is 15.0 Å². The predicted octanol–water partition coefficient (Wildman–Crippen LogP) is 3.07. The Bertz CT molecular complexity index is 853. The summed E-state index contributed by atoms with van der Waals surface area (Å²) in [6, 6.07) is 8.78. The molecule has 1 aliphatic carbocycles. The summed E-state index contributed by atoms with van der Waals surface area (Å²) in [4.78, 5) is 30.7. The van der Waals surface area contributed by atoms with Crippen molar-refractivity contribution in [3.05, 3.63) is 58.2 Å². The maximum absolute atomic E-state index is 12.4. The smallest absolute Gasteiger partial charge is 0.346 e. The summed E-state index contributed by atoms with van der Waals surface area (Å²) in [5.74, 6) is 0.421. The maximum Gasteiger partial charge on any atom is 0.346 e. The van der Waals surface area contributed by atoms with Crippen molar-refractivity contribution in [3.63, 3.8) is 0 Å². The Morgan fingerprint density at radius 2 is 2.08 bits per heavy atom. The van der Waals surface area contributed by atoms with Crippen molar-refractivity contribution in [1.82, 2.24) is 15.3 Å². The Morgan fingerprint density at radius 1 is 1.27 bits per heavy atom. The zero-order chi connectivity index (χ0) is 18.4. The minimum atomic E-state index is -0.543. The van der Waals surface area contributed by atoms with Gasteiger partial charge in [-0.1, -0.05) is 11.6 Å². The van der Waals surface area contributed by atoms with Crippen LogP contribution in [0.4, 0.5) is 0 Å². The van der Waals surface area contributed by atoms with E-state index >= 15 is 0 Å². The molecule has 2 aromatic rings. The fourth-order valence-corrected chi connectivity index (χ4v) is 3.05. The highest BCUT2D eigenvalue weighted by Gasteiger charge is 2.11. The Hall–Kier alpha value is -2.89. The van der Waals surface area contributed by atoms with Crippen LogP contribution in [0, 0.1) is 0 Å². The topological polar surface area (TPSA) is 84.1 Å². The van der Waals surface area contributed by atoms with Crippen molar-refractivity contribution in [2.45, 2.75) is 32.1 Å². The molecule has 6 heteroatoms. The Morgan fingerprint density at radius 3 is 2.77 bits per heavy atom. The molecule has 0 aliphatic heterocycles. The molecule has 0 bridgehead atoms. The third-order valence-electron chi connectivity index (χ3n) is 4.49. The molecular formula is C20H23N3O3. The van der Waals surface area contributed by atoms with Crippen molar-refractivity contribution in [2.75, 3.05) is 13.7 Å². The van der Waals surface area contributed by atoms with Crippen LogP contribution in [0.1, 0.15) is 42.6 Å². The second-order valence-corrected chi connectivity index (χ2v) is 6.33. The van der Waals surface area contributed by atoms with E-state index in [0.29, 0.717) is 18.0 Å². The van der Waals surface area contributed by atoms with E-state index in [-0.39, 0.29) is 11.6 Å². The Labute approximate surface area is 152 Å². The van der Waals surface area contributed by atoms with Crippen LogP contribution in [-0.4, -0.2) is 29.5 Å². The number of benzene rings is 1. The van der Waals surface area contributed by atoms with Crippen LogP contribution in [0.25, 0.3) is 11.3 Å². The number of hydrogen-bond donors (Lipinski definition) is 2. The molecule has 0 spiro atoms. The minimum Gasteiger partial charge on any atom is -0.497 e. The Kier molecular flexibility index (Phi) is 5.84. The molecule has 1 aliphatic rings. The molecule has 136 valence electrons. The van der Waals surface area contributed by atoms with Gasteiger partial charge in [-0.25, -0.2) is 4.79 Å². The summed E-state index contributed by atoms with van der Waals surface area (Å²) in [7, 11) is 1.59. The van der Waals surface area contributed by atoms with Gasteiger partial charge in [0.15, 0.2) is 0 Å². The van der Waals surface area contributed by atoms with E-state index in [4.69, 9.17) is 4.74 Å². The van der Waals surface area contributed by atoms with Crippen LogP contribution in [-0.2, 0) is 0 Å². The monoisotopic (exact) mass is 353 g/mol. The van der Waals surface area contributed by atoms with Crippen LogP contribution in [0.15, 0.2) is 46.8 Å².